The van der Waals surface area contributed by atoms with Crippen molar-refractivity contribution in [2.24, 2.45) is 0 Å². The maximum Gasteiger partial charge on any atom is 0.231 e. The number of ether oxygens (including phenoxy) is 2. The van der Waals surface area contributed by atoms with E-state index < -0.39 is 0 Å². The van der Waals surface area contributed by atoms with Crippen LogP contribution in [0.5, 0.6) is 11.5 Å². The molecule has 1 aliphatic rings. The Balaban J connectivity index is 1.88. The Hall–Kier alpha value is -3.08. The number of rotatable bonds is 4. The molecular formula is C18H15NO4. The van der Waals surface area contributed by atoms with E-state index in [0.717, 1.165) is 5.56 Å². The smallest absolute Gasteiger partial charge is 0.231 e. The maximum absolute atomic E-state index is 12.3. The van der Waals surface area contributed by atoms with Crippen LogP contribution in [0.1, 0.15) is 15.9 Å². The summed E-state index contributed by atoms with van der Waals surface area (Å²) in [6.07, 6.45) is 3.03. The van der Waals surface area contributed by atoms with Crippen LogP contribution in [0.2, 0.25) is 0 Å². The minimum absolute atomic E-state index is 0.122. The maximum atomic E-state index is 12.3. The van der Waals surface area contributed by atoms with E-state index in [2.05, 4.69) is 5.32 Å². The molecule has 0 saturated carbocycles. The van der Waals surface area contributed by atoms with E-state index in [4.69, 9.17) is 9.47 Å². The van der Waals surface area contributed by atoms with Crippen molar-refractivity contribution < 1.29 is 14.3 Å². The van der Waals surface area contributed by atoms with Crippen LogP contribution in [0.25, 0.3) is 6.08 Å². The molecule has 116 valence electrons. The SMILES string of the molecule is CNc1ccccc(C(=O)/C=C/c2ccc3c(c2)OCO3)c1=O. The van der Waals surface area contributed by atoms with Crippen molar-refractivity contribution >= 4 is 17.5 Å². The number of anilines is 1. The molecule has 5 heteroatoms. The van der Waals surface area contributed by atoms with E-state index in [9.17, 15) is 9.59 Å². The van der Waals surface area contributed by atoms with Gasteiger partial charge in [0.25, 0.3) is 0 Å². The van der Waals surface area contributed by atoms with Crippen molar-refractivity contribution in [3.63, 3.8) is 0 Å². The summed E-state index contributed by atoms with van der Waals surface area (Å²) in [5, 5.41) is 2.79. The van der Waals surface area contributed by atoms with Crippen LogP contribution in [0, 0.1) is 0 Å². The molecular weight excluding hydrogens is 294 g/mol. The molecule has 23 heavy (non-hydrogen) atoms. The van der Waals surface area contributed by atoms with Gasteiger partial charge in [-0.15, -0.1) is 0 Å². The molecule has 2 aromatic rings. The first-order valence-electron chi connectivity index (χ1n) is 7.12. The molecule has 0 aliphatic carbocycles. The van der Waals surface area contributed by atoms with Crippen LogP contribution in [0.3, 0.4) is 0 Å². The molecule has 0 saturated heterocycles. The summed E-state index contributed by atoms with van der Waals surface area (Å²) < 4.78 is 10.5. The molecule has 0 radical (unpaired) electrons. The molecule has 1 heterocycles. The van der Waals surface area contributed by atoms with Crippen LogP contribution in [-0.2, 0) is 0 Å². The zero-order valence-corrected chi connectivity index (χ0v) is 12.5. The Labute approximate surface area is 133 Å². The summed E-state index contributed by atoms with van der Waals surface area (Å²) >= 11 is 0. The third kappa shape index (κ3) is 3.08. The van der Waals surface area contributed by atoms with Gasteiger partial charge in [-0.1, -0.05) is 24.3 Å². The number of allylic oxidation sites excluding steroid dienone is 1. The largest absolute Gasteiger partial charge is 0.454 e. The highest BCUT2D eigenvalue weighted by Crippen LogP contribution is 2.32. The quantitative estimate of drug-likeness (QED) is 0.695. The third-order valence-corrected chi connectivity index (χ3v) is 3.48. The molecule has 0 amide bonds. The lowest BCUT2D eigenvalue weighted by atomic mass is 10.1. The first-order valence-corrected chi connectivity index (χ1v) is 7.12. The van der Waals surface area contributed by atoms with E-state index in [1.165, 1.54) is 12.1 Å². The number of fused-ring (bicyclic) bond motifs is 1. The summed E-state index contributed by atoms with van der Waals surface area (Å²) in [6.45, 7) is 0.203. The van der Waals surface area contributed by atoms with Gasteiger partial charge in [0, 0.05) is 7.05 Å². The van der Waals surface area contributed by atoms with Crippen LogP contribution in [-0.4, -0.2) is 19.6 Å². The summed E-state index contributed by atoms with van der Waals surface area (Å²) in [5.74, 6) is 0.983. The summed E-state index contributed by atoms with van der Waals surface area (Å²) in [6, 6.07) is 11.9. The highest BCUT2D eigenvalue weighted by molar-refractivity contribution is 6.07. The van der Waals surface area contributed by atoms with Crippen molar-refractivity contribution in [2.75, 3.05) is 19.2 Å². The number of hydrogen-bond donors (Lipinski definition) is 1. The van der Waals surface area contributed by atoms with Gasteiger partial charge in [-0.05, 0) is 35.9 Å². The van der Waals surface area contributed by atoms with Gasteiger partial charge >= 0.3 is 0 Å². The van der Waals surface area contributed by atoms with Gasteiger partial charge in [-0.2, -0.15) is 0 Å². The van der Waals surface area contributed by atoms with Gasteiger partial charge in [0.1, 0.15) is 0 Å². The Morgan fingerprint density at radius 3 is 2.74 bits per heavy atom. The lowest BCUT2D eigenvalue weighted by molar-refractivity contribution is 0.104. The van der Waals surface area contributed by atoms with Crippen LogP contribution < -0.4 is 20.2 Å². The number of benzene rings is 1. The number of carbonyl (C=O) groups is 1. The van der Waals surface area contributed by atoms with Crippen molar-refractivity contribution in [1.82, 2.24) is 0 Å². The third-order valence-electron chi connectivity index (χ3n) is 3.48. The van der Waals surface area contributed by atoms with Gasteiger partial charge in [-0.25, -0.2) is 0 Å². The second-order valence-corrected chi connectivity index (χ2v) is 4.93. The fourth-order valence-electron chi connectivity index (χ4n) is 2.27. The molecule has 0 bridgehead atoms. The highest BCUT2D eigenvalue weighted by atomic mass is 16.7. The van der Waals surface area contributed by atoms with E-state index in [0.29, 0.717) is 17.2 Å². The minimum Gasteiger partial charge on any atom is -0.454 e. The van der Waals surface area contributed by atoms with Gasteiger partial charge < -0.3 is 14.8 Å². The number of ketones is 1. The number of nitrogens with one attached hydrogen (secondary N) is 1. The van der Waals surface area contributed by atoms with Crippen LogP contribution in [0.15, 0.2) is 53.3 Å². The first kappa shape index (κ1) is 14.8. The topological polar surface area (TPSA) is 64.6 Å². The lowest BCUT2D eigenvalue weighted by Crippen LogP contribution is -2.14. The standard InChI is InChI=1S/C18H15NO4/c1-19-14-5-3-2-4-13(18(14)21)15(20)8-6-12-7-9-16-17(10-12)23-11-22-16/h2-10H,11H2,1H3,(H,19,21)/b8-6+. The fourth-order valence-corrected chi connectivity index (χ4v) is 2.27. The first-order chi connectivity index (χ1) is 11.2. The van der Waals surface area contributed by atoms with Crippen molar-refractivity contribution in [2.45, 2.75) is 0 Å². The van der Waals surface area contributed by atoms with E-state index in [-0.39, 0.29) is 23.6 Å². The second kappa shape index (κ2) is 6.36. The van der Waals surface area contributed by atoms with Crippen molar-refractivity contribution in [3.8, 4) is 11.5 Å². The Morgan fingerprint density at radius 2 is 1.91 bits per heavy atom. The fraction of sp³-hybridized carbons (Fsp3) is 0.111. The summed E-state index contributed by atoms with van der Waals surface area (Å²) in [4.78, 5) is 24.6. The molecule has 5 nitrogen and oxygen atoms in total. The van der Waals surface area contributed by atoms with Crippen molar-refractivity contribution in [1.29, 1.82) is 0 Å². The van der Waals surface area contributed by atoms with E-state index in [1.807, 2.05) is 6.07 Å². The van der Waals surface area contributed by atoms with E-state index in [1.54, 1.807) is 43.5 Å². The van der Waals surface area contributed by atoms with Gasteiger partial charge in [0.15, 0.2) is 17.3 Å². The molecule has 0 unspecified atom stereocenters. The molecule has 0 fully saturated rings. The average molecular weight is 309 g/mol. The van der Waals surface area contributed by atoms with Gasteiger partial charge in [-0.3, -0.25) is 9.59 Å². The predicted molar refractivity (Wildman–Crippen MR) is 88.2 cm³/mol. The molecule has 1 aliphatic heterocycles. The number of carbonyl (C=O) groups excluding carboxylic acids is 1. The second-order valence-electron chi connectivity index (χ2n) is 4.93. The van der Waals surface area contributed by atoms with Crippen LogP contribution >= 0.6 is 0 Å². The lowest BCUT2D eigenvalue weighted by Gasteiger charge is -1.98. The molecule has 0 aromatic heterocycles. The average Bonchev–Trinajstić information content (AvgIpc) is 2.95. The Morgan fingerprint density at radius 1 is 1.13 bits per heavy atom. The molecule has 0 atom stereocenters. The highest BCUT2D eigenvalue weighted by Gasteiger charge is 2.13. The predicted octanol–water partition coefficient (Wildman–Crippen LogP) is 2.71. The van der Waals surface area contributed by atoms with Gasteiger partial charge in [0.05, 0.1) is 11.3 Å². The molecule has 0 spiro atoms. The van der Waals surface area contributed by atoms with Crippen molar-refractivity contribution in [3.05, 3.63) is 69.9 Å². The van der Waals surface area contributed by atoms with E-state index >= 15 is 0 Å². The Bertz CT molecular complexity index is 843. The zero-order chi connectivity index (χ0) is 16.2. The normalized spacial score (nSPS) is 12.4. The summed E-state index contributed by atoms with van der Waals surface area (Å²) in [7, 11) is 1.65. The molecule has 3 rings (SSSR count). The summed E-state index contributed by atoms with van der Waals surface area (Å²) in [5.41, 5.74) is 0.980. The monoisotopic (exact) mass is 309 g/mol. The van der Waals surface area contributed by atoms with Crippen LogP contribution in [0.4, 0.5) is 5.69 Å². The zero-order valence-electron chi connectivity index (χ0n) is 12.5. The molecule has 1 N–H and O–H groups in total. The minimum atomic E-state index is -0.347. The number of hydrogen-bond acceptors (Lipinski definition) is 5. The Kier molecular flexibility index (Phi) is 4.10. The van der Waals surface area contributed by atoms with Gasteiger partial charge in [0.2, 0.25) is 12.2 Å². The molecule has 2 aromatic carbocycles.